The Hall–Kier alpha value is -0.893. The van der Waals surface area contributed by atoms with Crippen LogP contribution in [0.1, 0.15) is 31.1 Å². The number of methoxy groups -OCH3 is 1. The summed E-state index contributed by atoms with van der Waals surface area (Å²) in [6.07, 6.45) is 0. The van der Waals surface area contributed by atoms with Gasteiger partial charge in [-0.1, -0.05) is 45.5 Å². The van der Waals surface area contributed by atoms with Gasteiger partial charge in [-0.05, 0) is 23.2 Å². The molecule has 0 aliphatic carbocycles. The predicted octanol–water partition coefficient (Wildman–Crippen LogP) is 3.41. The summed E-state index contributed by atoms with van der Waals surface area (Å²) in [4.78, 5) is 11.7. The van der Waals surface area contributed by atoms with Gasteiger partial charge >= 0.3 is 5.97 Å². The molecule has 124 valence electrons. The van der Waals surface area contributed by atoms with Gasteiger partial charge in [0.1, 0.15) is 8.24 Å². The number of carbonyl (C=O) groups is 1. The Morgan fingerprint density at radius 2 is 1.82 bits per heavy atom. The molecule has 0 atom stereocenters. The highest BCUT2D eigenvalue weighted by Crippen LogP contribution is 2.35. The summed E-state index contributed by atoms with van der Waals surface area (Å²) in [5.74, 6) is -0.715. The molecule has 8 heteroatoms. The zero-order chi connectivity index (χ0) is 17.3. The Labute approximate surface area is 138 Å². The molecule has 0 aromatic heterocycles. The number of sulfonamides is 1. The first-order chi connectivity index (χ1) is 9.82. The highest BCUT2D eigenvalue weighted by atomic mass is 35.5. The summed E-state index contributed by atoms with van der Waals surface area (Å²) in [6.45, 7) is 9.81. The molecule has 0 bridgehead atoms. The first-order valence-corrected chi connectivity index (χ1v) is 11.6. The van der Waals surface area contributed by atoms with E-state index in [-0.39, 0.29) is 20.5 Å². The number of hydrogen-bond donors (Lipinski definition) is 1. The highest BCUT2D eigenvalue weighted by Gasteiger charge is 2.40. The van der Waals surface area contributed by atoms with E-state index in [1.807, 2.05) is 33.9 Å². The summed E-state index contributed by atoms with van der Waals surface area (Å²) in [5.41, 5.74) is -0.0295. The minimum Gasteiger partial charge on any atom is -0.465 e. The zero-order valence-corrected chi connectivity index (χ0v) is 16.2. The lowest BCUT2D eigenvalue weighted by Gasteiger charge is -2.36. The van der Waals surface area contributed by atoms with E-state index in [0.29, 0.717) is 0 Å². The lowest BCUT2D eigenvalue weighted by Crippen LogP contribution is -2.54. The molecule has 1 aromatic carbocycles. The molecule has 1 aromatic rings. The van der Waals surface area contributed by atoms with Crippen LogP contribution in [0.15, 0.2) is 23.1 Å². The Morgan fingerprint density at radius 1 is 1.27 bits per heavy atom. The molecule has 0 spiro atoms. The van der Waals surface area contributed by atoms with Gasteiger partial charge in [-0.2, -0.15) is 0 Å². The van der Waals surface area contributed by atoms with Gasteiger partial charge in [-0.3, -0.25) is 0 Å². The molecule has 0 radical (unpaired) electrons. The molecule has 0 heterocycles. The van der Waals surface area contributed by atoms with Gasteiger partial charge in [0.05, 0.1) is 17.6 Å². The third-order valence-electron chi connectivity index (χ3n) is 3.90. The fourth-order valence-corrected chi connectivity index (χ4v) is 6.85. The van der Waals surface area contributed by atoms with Crippen molar-refractivity contribution in [3.8, 4) is 0 Å². The van der Waals surface area contributed by atoms with Crippen molar-refractivity contribution in [1.82, 2.24) is 4.39 Å². The Balaban J connectivity index is 3.41. The van der Waals surface area contributed by atoms with Gasteiger partial charge in [-0.25, -0.2) is 17.6 Å². The zero-order valence-electron chi connectivity index (χ0n) is 13.7. The number of rotatable bonds is 4. The monoisotopic (exact) mass is 363 g/mol. The van der Waals surface area contributed by atoms with E-state index < -0.39 is 24.2 Å². The Morgan fingerprint density at radius 3 is 2.27 bits per heavy atom. The molecular formula is C14H22ClNO4SSi. The maximum Gasteiger partial charge on any atom is 0.339 e. The molecule has 0 saturated heterocycles. The van der Waals surface area contributed by atoms with Crippen LogP contribution >= 0.6 is 11.6 Å². The molecule has 0 unspecified atom stereocenters. The number of halogens is 1. The van der Waals surface area contributed by atoms with Gasteiger partial charge in [-0.15, -0.1) is 0 Å². The number of benzene rings is 1. The highest BCUT2D eigenvalue weighted by molar-refractivity contribution is 7.91. The molecule has 0 saturated carbocycles. The van der Waals surface area contributed by atoms with Crippen molar-refractivity contribution in [1.29, 1.82) is 0 Å². The second kappa shape index (κ2) is 6.31. The normalized spacial score (nSPS) is 13.0. The van der Waals surface area contributed by atoms with Crippen LogP contribution in [-0.2, 0) is 14.8 Å². The van der Waals surface area contributed by atoms with Gasteiger partial charge in [0.25, 0.3) is 0 Å². The van der Waals surface area contributed by atoms with Crippen molar-refractivity contribution in [2.45, 2.75) is 43.8 Å². The van der Waals surface area contributed by atoms with E-state index in [0.717, 1.165) is 0 Å². The SMILES string of the molecule is COC(=O)c1ccc(Cl)cc1S(=O)(=O)N[Si](C)(C)C(C)(C)C. The lowest BCUT2D eigenvalue weighted by molar-refractivity contribution is 0.0596. The smallest absolute Gasteiger partial charge is 0.339 e. The first-order valence-electron chi connectivity index (χ1n) is 6.74. The average Bonchev–Trinajstić information content (AvgIpc) is 2.35. The van der Waals surface area contributed by atoms with Crippen molar-refractivity contribution in [2.24, 2.45) is 0 Å². The van der Waals surface area contributed by atoms with Crippen molar-refractivity contribution in [3.63, 3.8) is 0 Å². The van der Waals surface area contributed by atoms with Crippen molar-refractivity contribution in [3.05, 3.63) is 28.8 Å². The molecule has 1 rings (SSSR count). The van der Waals surface area contributed by atoms with E-state index in [1.54, 1.807) is 0 Å². The summed E-state index contributed by atoms with van der Waals surface area (Å²) in [5, 5.41) is 0.0487. The summed E-state index contributed by atoms with van der Waals surface area (Å²) >= 11 is 5.90. The number of hydrogen-bond acceptors (Lipinski definition) is 4. The first kappa shape index (κ1) is 19.2. The van der Waals surface area contributed by atoms with Gasteiger partial charge in [0.15, 0.2) is 0 Å². The number of nitrogens with one attached hydrogen (secondary N) is 1. The molecule has 0 aliphatic heterocycles. The second-order valence-corrected chi connectivity index (χ2v) is 14.1. The van der Waals surface area contributed by atoms with Crippen LogP contribution in [0.3, 0.4) is 0 Å². The van der Waals surface area contributed by atoms with Crippen LogP contribution in [-0.4, -0.2) is 29.7 Å². The Bertz CT molecular complexity index is 681. The third-order valence-corrected chi connectivity index (χ3v) is 11.9. The van der Waals surface area contributed by atoms with E-state index >= 15 is 0 Å². The number of ether oxygens (including phenoxy) is 1. The van der Waals surface area contributed by atoms with Crippen LogP contribution < -0.4 is 4.39 Å². The van der Waals surface area contributed by atoms with E-state index in [2.05, 4.69) is 9.12 Å². The second-order valence-electron chi connectivity index (χ2n) is 6.61. The van der Waals surface area contributed by atoms with Crippen molar-refractivity contribution < 1.29 is 17.9 Å². The molecule has 5 nitrogen and oxygen atoms in total. The maximum atomic E-state index is 12.7. The molecule has 0 fully saturated rings. The maximum absolute atomic E-state index is 12.7. The Kier molecular flexibility index (Phi) is 5.49. The van der Waals surface area contributed by atoms with Gasteiger partial charge in [0, 0.05) is 5.02 Å². The fourth-order valence-electron chi connectivity index (χ4n) is 1.54. The lowest BCUT2D eigenvalue weighted by atomic mass is 10.2. The standard InChI is InChI=1S/C14H22ClNO4SSi/c1-14(2,3)22(5,6)16-21(18,19)12-9-10(15)7-8-11(12)13(17)20-4/h7-9,16H,1-6H3. The topological polar surface area (TPSA) is 72.5 Å². The summed E-state index contributed by atoms with van der Waals surface area (Å²) in [6, 6.07) is 4.08. The van der Waals surface area contributed by atoms with Crippen LogP contribution in [0, 0.1) is 0 Å². The van der Waals surface area contributed by atoms with E-state index in [9.17, 15) is 13.2 Å². The molecule has 0 amide bonds. The van der Waals surface area contributed by atoms with Crippen LogP contribution in [0.2, 0.25) is 23.2 Å². The summed E-state index contributed by atoms with van der Waals surface area (Å²) in [7, 11) is -5.02. The van der Waals surface area contributed by atoms with Crippen LogP contribution in [0.5, 0.6) is 0 Å². The summed E-state index contributed by atoms with van der Waals surface area (Å²) < 4.78 is 32.9. The molecule has 22 heavy (non-hydrogen) atoms. The molecular weight excluding hydrogens is 342 g/mol. The number of carbonyl (C=O) groups excluding carboxylic acids is 1. The largest absolute Gasteiger partial charge is 0.465 e. The molecule has 1 N–H and O–H groups in total. The quantitative estimate of drug-likeness (QED) is 0.657. The molecule has 0 aliphatic rings. The van der Waals surface area contributed by atoms with E-state index in [4.69, 9.17) is 11.6 Å². The van der Waals surface area contributed by atoms with Crippen molar-refractivity contribution >= 4 is 35.8 Å². The predicted molar refractivity (Wildman–Crippen MR) is 90.3 cm³/mol. The number of esters is 1. The third kappa shape index (κ3) is 4.10. The van der Waals surface area contributed by atoms with Crippen LogP contribution in [0.4, 0.5) is 0 Å². The average molecular weight is 364 g/mol. The minimum atomic E-state index is -3.88. The van der Waals surface area contributed by atoms with Gasteiger partial charge in [0.2, 0.25) is 10.0 Å². The minimum absolute atomic E-state index is 0.0295. The van der Waals surface area contributed by atoms with E-state index in [1.165, 1.54) is 25.3 Å². The van der Waals surface area contributed by atoms with Crippen molar-refractivity contribution in [2.75, 3.05) is 7.11 Å². The fraction of sp³-hybridized carbons (Fsp3) is 0.500. The van der Waals surface area contributed by atoms with Crippen LogP contribution in [0.25, 0.3) is 0 Å². The van der Waals surface area contributed by atoms with Gasteiger partial charge < -0.3 is 4.74 Å².